The van der Waals surface area contributed by atoms with Crippen molar-refractivity contribution in [1.29, 1.82) is 0 Å². The number of hydrogen-bond donors (Lipinski definition) is 3. The van der Waals surface area contributed by atoms with Gasteiger partial charge in [0.25, 0.3) is 0 Å². The van der Waals surface area contributed by atoms with Crippen LogP contribution in [0.3, 0.4) is 0 Å². The van der Waals surface area contributed by atoms with Gasteiger partial charge in [-0.1, -0.05) is 0 Å². The number of aliphatic hydroxyl groups is 1. The van der Waals surface area contributed by atoms with Crippen LogP contribution in [0.4, 0.5) is 0 Å². The van der Waals surface area contributed by atoms with E-state index in [1.807, 2.05) is 0 Å². The van der Waals surface area contributed by atoms with Gasteiger partial charge in [-0.05, 0) is 0 Å². The topological polar surface area (TPSA) is 83.5 Å². The summed E-state index contributed by atoms with van der Waals surface area (Å²) in [7, 11) is 0. The van der Waals surface area contributed by atoms with Gasteiger partial charge in [-0.25, -0.2) is 0 Å². The zero-order valence-electron chi connectivity index (χ0n) is 4.37. The quantitative estimate of drug-likeness (QED) is 0.481. The van der Waals surface area contributed by atoms with E-state index in [2.05, 4.69) is 0 Å². The zero-order valence-corrected chi connectivity index (χ0v) is 9.87. The number of carboxylic acid groups (broad SMARTS) is 1. The van der Waals surface area contributed by atoms with Crippen LogP contribution in [0.2, 0.25) is 0 Å². The summed E-state index contributed by atoms with van der Waals surface area (Å²) in [5.74, 6) is -1.18. The standard InChI is InChI=1S/C3H7NO3.Bi.3H/c4-2(1-5)3(6)7;;;;/h2,5H,1,4H2,(H,6,7);;;;. The van der Waals surface area contributed by atoms with Crippen molar-refractivity contribution >= 4 is 32.2 Å². The number of hydrogen-bond acceptors (Lipinski definition) is 3. The molecule has 0 aromatic rings. The fraction of sp³-hybridized carbons (Fsp3) is 0.667. The summed E-state index contributed by atoms with van der Waals surface area (Å²) in [4.78, 5) is 9.65. The van der Waals surface area contributed by atoms with Gasteiger partial charge in [-0.3, -0.25) is 4.79 Å². The van der Waals surface area contributed by atoms with Crippen LogP contribution in [0.5, 0.6) is 0 Å². The van der Waals surface area contributed by atoms with Crippen molar-refractivity contribution < 1.29 is 15.0 Å². The number of carboxylic acids is 1. The SMILES string of the molecule is NC(CO)C(=O)O.[BiH3]. The summed E-state index contributed by atoms with van der Waals surface area (Å²) in [6.45, 7) is -0.505. The van der Waals surface area contributed by atoms with Crippen molar-refractivity contribution in [3.8, 4) is 0 Å². The molecule has 0 saturated carbocycles. The first-order valence-corrected chi connectivity index (χ1v) is 1.77. The average Bonchev–Trinajstić information content (AvgIpc) is 1.65. The van der Waals surface area contributed by atoms with Crippen molar-refractivity contribution in [1.82, 2.24) is 0 Å². The maximum atomic E-state index is 9.65. The molecule has 0 bridgehead atoms. The molecular formula is C3H10BiNO3. The van der Waals surface area contributed by atoms with Crippen LogP contribution in [0.1, 0.15) is 0 Å². The molecule has 0 aliphatic rings. The molecule has 0 aliphatic heterocycles. The van der Waals surface area contributed by atoms with E-state index < -0.39 is 18.6 Å². The Labute approximate surface area is 65.8 Å². The van der Waals surface area contributed by atoms with Crippen molar-refractivity contribution in [2.45, 2.75) is 6.04 Å². The average molecular weight is 317 g/mol. The van der Waals surface area contributed by atoms with E-state index >= 15 is 0 Å². The number of carbonyl (C=O) groups is 1. The number of nitrogens with two attached hydrogens (primary N) is 1. The van der Waals surface area contributed by atoms with Crippen molar-refractivity contribution in [3.05, 3.63) is 0 Å². The molecule has 0 fully saturated rings. The van der Waals surface area contributed by atoms with Gasteiger partial charge in [0, 0.05) is 0 Å². The molecule has 0 heterocycles. The van der Waals surface area contributed by atoms with Crippen LogP contribution in [-0.4, -0.2) is 55.0 Å². The molecule has 0 saturated heterocycles. The van der Waals surface area contributed by atoms with Crippen molar-refractivity contribution in [2.75, 3.05) is 6.61 Å². The number of aliphatic carboxylic acids is 1. The second-order valence-electron chi connectivity index (χ2n) is 1.13. The Morgan fingerprint density at radius 3 is 2.12 bits per heavy atom. The molecule has 0 aliphatic carbocycles. The monoisotopic (exact) mass is 317 g/mol. The van der Waals surface area contributed by atoms with E-state index in [1.165, 1.54) is 0 Å². The summed E-state index contributed by atoms with van der Waals surface area (Å²) >= 11 is 0. The predicted octanol–water partition coefficient (Wildman–Crippen LogP) is -2.79. The second kappa shape index (κ2) is 5.41. The molecule has 5 heteroatoms. The Kier molecular flexibility index (Phi) is 7.52. The zero-order chi connectivity index (χ0) is 5.86. The van der Waals surface area contributed by atoms with Gasteiger partial charge in [0.15, 0.2) is 0 Å². The molecule has 0 amide bonds. The van der Waals surface area contributed by atoms with Crippen LogP contribution in [-0.2, 0) is 4.79 Å². The van der Waals surface area contributed by atoms with E-state index in [1.54, 1.807) is 0 Å². The Morgan fingerprint density at radius 1 is 1.75 bits per heavy atom. The molecule has 0 aromatic carbocycles. The summed E-state index contributed by atoms with van der Waals surface area (Å²) in [6, 6.07) is -1.13. The van der Waals surface area contributed by atoms with Crippen LogP contribution in [0.25, 0.3) is 0 Å². The normalized spacial score (nSPS) is 11.8. The Morgan fingerprint density at radius 2 is 2.12 bits per heavy atom. The first kappa shape index (κ1) is 11.1. The van der Waals surface area contributed by atoms with Crippen LogP contribution < -0.4 is 5.73 Å². The second-order valence-corrected chi connectivity index (χ2v) is 1.13. The number of rotatable bonds is 2. The van der Waals surface area contributed by atoms with Gasteiger partial charge in [0.1, 0.15) is 6.04 Å². The third-order valence-electron chi connectivity index (χ3n) is 0.514. The van der Waals surface area contributed by atoms with Crippen molar-refractivity contribution in [2.24, 2.45) is 5.73 Å². The minimum atomic E-state index is -1.18. The van der Waals surface area contributed by atoms with E-state index in [0.29, 0.717) is 0 Å². The fourth-order valence-corrected chi connectivity index (χ4v) is 0.0781. The summed E-state index contributed by atoms with van der Waals surface area (Å²) < 4.78 is 0. The summed E-state index contributed by atoms with van der Waals surface area (Å²) in [5, 5.41) is 15.9. The molecule has 0 rings (SSSR count). The van der Waals surface area contributed by atoms with Crippen LogP contribution in [0.15, 0.2) is 0 Å². The minimum absolute atomic E-state index is 0. The van der Waals surface area contributed by atoms with Gasteiger partial charge < -0.3 is 15.9 Å². The molecular weight excluding hydrogens is 307 g/mol. The summed E-state index contributed by atoms with van der Waals surface area (Å²) in [5.41, 5.74) is 4.77. The molecule has 1 unspecified atom stereocenters. The van der Waals surface area contributed by atoms with Gasteiger partial charge in [0.2, 0.25) is 0 Å². The van der Waals surface area contributed by atoms with Crippen LogP contribution in [0, 0.1) is 0 Å². The van der Waals surface area contributed by atoms with Gasteiger partial charge in [0.05, 0.1) is 6.61 Å². The maximum absolute atomic E-state index is 9.65. The van der Waals surface area contributed by atoms with E-state index in [9.17, 15) is 4.79 Å². The molecule has 1 atom stereocenters. The molecule has 8 heavy (non-hydrogen) atoms. The molecule has 0 radical (unpaired) electrons. The van der Waals surface area contributed by atoms with E-state index in [-0.39, 0.29) is 26.2 Å². The fourth-order valence-electron chi connectivity index (χ4n) is 0.0781. The molecule has 50 valence electrons. The number of aliphatic hydroxyl groups excluding tert-OH is 1. The van der Waals surface area contributed by atoms with E-state index in [0.717, 1.165) is 0 Å². The molecule has 4 nitrogen and oxygen atoms in total. The first-order valence-electron chi connectivity index (χ1n) is 1.77. The molecule has 0 spiro atoms. The van der Waals surface area contributed by atoms with Crippen molar-refractivity contribution in [3.63, 3.8) is 0 Å². The third kappa shape index (κ3) is 4.43. The van der Waals surface area contributed by atoms with Gasteiger partial charge in [-0.2, -0.15) is 0 Å². The predicted molar refractivity (Wildman–Crippen MR) is 32.6 cm³/mol. The van der Waals surface area contributed by atoms with Gasteiger partial charge >= 0.3 is 32.2 Å². The molecule has 4 N–H and O–H groups in total. The third-order valence-corrected chi connectivity index (χ3v) is 0.514. The first-order chi connectivity index (χ1) is 3.18. The summed E-state index contributed by atoms with van der Waals surface area (Å²) in [6.07, 6.45) is 0. The van der Waals surface area contributed by atoms with Gasteiger partial charge in [-0.15, -0.1) is 0 Å². The Balaban J connectivity index is 0. The Bertz CT molecular complexity index is 76.9. The van der Waals surface area contributed by atoms with Crippen LogP contribution >= 0.6 is 0 Å². The molecule has 0 aromatic heterocycles. The van der Waals surface area contributed by atoms with E-state index in [4.69, 9.17) is 15.9 Å². The Hall–Kier alpha value is 0.273.